The van der Waals surface area contributed by atoms with E-state index >= 15 is 0 Å². The molecule has 0 amide bonds. The van der Waals surface area contributed by atoms with E-state index in [0.717, 1.165) is 32.0 Å². The summed E-state index contributed by atoms with van der Waals surface area (Å²) in [5.41, 5.74) is 2.06. The Morgan fingerprint density at radius 2 is 2.00 bits per heavy atom. The molecule has 1 aromatic carbocycles. The van der Waals surface area contributed by atoms with Crippen molar-refractivity contribution in [3.05, 3.63) is 35.4 Å². The molecule has 1 aliphatic carbocycles. The normalized spacial score (nSPS) is 29.8. The van der Waals surface area contributed by atoms with Crippen molar-refractivity contribution in [1.29, 1.82) is 0 Å². The molecule has 1 aromatic rings. The fourth-order valence-corrected chi connectivity index (χ4v) is 2.87. The van der Waals surface area contributed by atoms with Crippen molar-refractivity contribution in [1.82, 2.24) is 4.90 Å². The number of β-amino-alcohol motifs (C(OH)–C–C–N with tert-alkyl or cyclic N) is 1. The topological polar surface area (TPSA) is 23.5 Å². The Labute approximate surface area is 103 Å². The van der Waals surface area contributed by atoms with Crippen LogP contribution in [-0.4, -0.2) is 34.7 Å². The molecule has 1 atom stereocenters. The summed E-state index contributed by atoms with van der Waals surface area (Å²) in [6.07, 6.45) is 4.40. The molecule has 1 unspecified atom stereocenters. The largest absolute Gasteiger partial charge is 0.388 e. The van der Waals surface area contributed by atoms with Gasteiger partial charge in [0, 0.05) is 25.6 Å². The van der Waals surface area contributed by atoms with Crippen LogP contribution in [0.15, 0.2) is 24.3 Å². The van der Waals surface area contributed by atoms with E-state index in [-0.39, 0.29) is 0 Å². The number of aliphatic hydroxyl groups is 1. The van der Waals surface area contributed by atoms with Crippen molar-refractivity contribution >= 4 is 0 Å². The zero-order valence-electron chi connectivity index (χ0n) is 10.5. The SMILES string of the molecule is Cc1ccc(CC2(O)CCN(C3CC3)C2)cc1. The molecule has 2 nitrogen and oxygen atoms in total. The van der Waals surface area contributed by atoms with Gasteiger partial charge >= 0.3 is 0 Å². The van der Waals surface area contributed by atoms with E-state index in [2.05, 4.69) is 36.1 Å². The highest BCUT2D eigenvalue weighted by Gasteiger charge is 2.41. The predicted molar refractivity (Wildman–Crippen MR) is 69.0 cm³/mol. The van der Waals surface area contributed by atoms with Crippen molar-refractivity contribution in [2.45, 2.75) is 44.2 Å². The minimum absolute atomic E-state index is 0.488. The summed E-state index contributed by atoms with van der Waals surface area (Å²) >= 11 is 0. The molecule has 92 valence electrons. The van der Waals surface area contributed by atoms with Crippen molar-refractivity contribution in [3.63, 3.8) is 0 Å². The van der Waals surface area contributed by atoms with Gasteiger partial charge in [0.2, 0.25) is 0 Å². The highest BCUT2D eigenvalue weighted by molar-refractivity contribution is 5.23. The number of rotatable bonds is 3. The fourth-order valence-electron chi connectivity index (χ4n) is 2.87. The number of nitrogens with zero attached hydrogens (tertiary/aromatic N) is 1. The third-order valence-corrected chi connectivity index (χ3v) is 4.08. The summed E-state index contributed by atoms with van der Waals surface area (Å²) in [4.78, 5) is 2.47. The third-order valence-electron chi connectivity index (χ3n) is 4.08. The lowest BCUT2D eigenvalue weighted by molar-refractivity contribution is 0.0487. The van der Waals surface area contributed by atoms with Gasteiger partial charge in [-0.2, -0.15) is 0 Å². The fraction of sp³-hybridized carbons (Fsp3) is 0.600. The summed E-state index contributed by atoms with van der Waals surface area (Å²) in [5, 5.41) is 10.6. The van der Waals surface area contributed by atoms with Crippen LogP contribution in [0.1, 0.15) is 30.4 Å². The molecule has 17 heavy (non-hydrogen) atoms. The second-order valence-electron chi connectivity index (χ2n) is 5.84. The van der Waals surface area contributed by atoms with E-state index in [1.807, 2.05) is 0 Å². The smallest absolute Gasteiger partial charge is 0.0826 e. The molecule has 2 heteroatoms. The highest BCUT2D eigenvalue weighted by Crippen LogP contribution is 2.34. The first-order valence-corrected chi connectivity index (χ1v) is 6.67. The number of hydrogen-bond donors (Lipinski definition) is 1. The summed E-state index contributed by atoms with van der Waals surface area (Å²) in [6, 6.07) is 9.33. The Kier molecular flexibility index (Phi) is 2.72. The van der Waals surface area contributed by atoms with Gasteiger partial charge in [-0.05, 0) is 31.7 Å². The van der Waals surface area contributed by atoms with Gasteiger partial charge < -0.3 is 5.11 Å². The summed E-state index contributed by atoms with van der Waals surface area (Å²) in [7, 11) is 0. The van der Waals surface area contributed by atoms with E-state index in [0.29, 0.717) is 0 Å². The lowest BCUT2D eigenvalue weighted by atomic mass is 9.93. The molecule has 0 spiro atoms. The van der Waals surface area contributed by atoms with Crippen LogP contribution in [0, 0.1) is 6.92 Å². The molecule has 0 radical (unpaired) electrons. The molecule has 0 aromatic heterocycles. The van der Waals surface area contributed by atoms with Crippen LogP contribution in [0.4, 0.5) is 0 Å². The summed E-state index contributed by atoms with van der Waals surface area (Å²) < 4.78 is 0. The van der Waals surface area contributed by atoms with E-state index < -0.39 is 5.60 Å². The van der Waals surface area contributed by atoms with Crippen LogP contribution in [0.25, 0.3) is 0 Å². The molecule has 3 rings (SSSR count). The van der Waals surface area contributed by atoms with Crippen LogP contribution in [0.3, 0.4) is 0 Å². The van der Waals surface area contributed by atoms with Crippen molar-refractivity contribution in [2.75, 3.05) is 13.1 Å². The molecule has 1 N–H and O–H groups in total. The van der Waals surface area contributed by atoms with Crippen LogP contribution in [0.2, 0.25) is 0 Å². The van der Waals surface area contributed by atoms with Gasteiger partial charge in [0.1, 0.15) is 0 Å². The van der Waals surface area contributed by atoms with Crippen LogP contribution in [-0.2, 0) is 6.42 Å². The van der Waals surface area contributed by atoms with Gasteiger partial charge in [0.15, 0.2) is 0 Å². The van der Waals surface area contributed by atoms with Crippen LogP contribution >= 0.6 is 0 Å². The van der Waals surface area contributed by atoms with Gasteiger partial charge in [0.25, 0.3) is 0 Å². The number of likely N-dealkylation sites (tertiary alicyclic amines) is 1. The predicted octanol–water partition coefficient (Wildman–Crippen LogP) is 2.14. The molecular weight excluding hydrogens is 210 g/mol. The van der Waals surface area contributed by atoms with E-state index in [4.69, 9.17) is 0 Å². The van der Waals surface area contributed by atoms with Gasteiger partial charge in [-0.1, -0.05) is 29.8 Å². The molecule has 0 bridgehead atoms. The Morgan fingerprint density at radius 3 is 2.65 bits per heavy atom. The first kappa shape index (κ1) is 11.2. The summed E-state index contributed by atoms with van der Waals surface area (Å²) in [6.45, 7) is 4.04. The van der Waals surface area contributed by atoms with E-state index in [1.165, 1.54) is 24.0 Å². The first-order valence-electron chi connectivity index (χ1n) is 6.67. The lowest BCUT2D eigenvalue weighted by Crippen LogP contribution is -2.36. The Bertz CT molecular complexity index is 396. The maximum atomic E-state index is 10.6. The Balaban J connectivity index is 1.65. The zero-order chi connectivity index (χ0) is 11.9. The first-order chi connectivity index (χ1) is 8.15. The van der Waals surface area contributed by atoms with Gasteiger partial charge in [-0.15, -0.1) is 0 Å². The maximum absolute atomic E-state index is 10.6. The molecule has 1 saturated heterocycles. The monoisotopic (exact) mass is 231 g/mol. The molecule has 1 saturated carbocycles. The number of hydrogen-bond acceptors (Lipinski definition) is 2. The van der Waals surface area contributed by atoms with Crippen molar-refractivity contribution < 1.29 is 5.11 Å². The standard InChI is InChI=1S/C15H21NO/c1-12-2-4-13(5-3-12)10-15(17)8-9-16(11-15)14-6-7-14/h2-5,14,17H,6-11H2,1H3. The van der Waals surface area contributed by atoms with Crippen LogP contribution < -0.4 is 0 Å². The molecule has 1 aliphatic heterocycles. The van der Waals surface area contributed by atoms with E-state index in [1.54, 1.807) is 0 Å². The second-order valence-corrected chi connectivity index (χ2v) is 5.84. The summed E-state index contributed by atoms with van der Waals surface area (Å²) in [5.74, 6) is 0. The van der Waals surface area contributed by atoms with Crippen molar-refractivity contribution in [2.24, 2.45) is 0 Å². The lowest BCUT2D eigenvalue weighted by Gasteiger charge is -2.23. The Hall–Kier alpha value is -0.860. The maximum Gasteiger partial charge on any atom is 0.0826 e. The second kappa shape index (κ2) is 4.11. The van der Waals surface area contributed by atoms with Crippen molar-refractivity contribution in [3.8, 4) is 0 Å². The molecule has 2 aliphatic rings. The van der Waals surface area contributed by atoms with Gasteiger partial charge in [0.05, 0.1) is 5.60 Å². The number of aryl methyl sites for hydroxylation is 1. The quantitative estimate of drug-likeness (QED) is 0.861. The minimum Gasteiger partial charge on any atom is -0.388 e. The average molecular weight is 231 g/mol. The molecule has 2 fully saturated rings. The Morgan fingerprint density at radius 1 is 1.29 bits per heavy atom. The van der Waals surface area contributed by atoms with Gasteiger partial charge in [-0.3, -0.25) is 4.90 Å². The van der Waals surface area contributed by atoms with Gasteiger partial charge in [-0.25, -0.2) is 0 Å². The highest BCUT2D eigenvalue weighted by atomic mass is 16.3. The van der Waals surface area contributed by atoms with Crippen LogP contribution in [0.5, 0.6) is 0 Å². The van der Waals surface area contributed by atoms with E-state index in [9.17, 15) is 5.11 Å². The third kappa shape index (κ3) is 2.53. The number of benzene rings is 1. The zero-order valence-corrected chi connectivity index (χ0v) is 10.5. The molecule has 1 heterocycles. The minimum atomic E-state index is -0.488. The molecular formula is C15H21NO. The average Bonchev–Trinajstić information content (AvgIpc) is 3.07.